The third kappa shape index (κ3) is 4.76. The van der Waals surface area contributed by atoms with Gasteiger partial charge in [0.15, 0.2) is 0 Å². The summed E-state index contributed by atoms with van der Waals surface area (Å²) < 4.78 is 51.8. The van der Waals surface area contributed by atoms with Crippen molar-refractivity contribution in [3.05, 3.63) is 83.6 Å². The maximum absolute atomic E-state index is 13.5. The molecule has 3 aromatic carbocycles. The van der Waals surface area contributed by atoms with E-state index in [2.05, 4.69) is 9.88 Å². The SMILES string of the molecule is COc1ccc(N2CCN(c3oc(-c4ccc(Cl)cc4)nc3S(=O)(=O)c3ccc(F)cc3)CC2)cc1. The molecule has 5 rings (SSSR count). The Morgan fingerprint density at radius 3 is 2.11 bits per heavy atom. The molecule has 7 nitrogen and oxygen atoms in total. The summed E-state index contributed by atoms with van der Waals surface area (Å²) in [5.74, 6) is 0.592. The highest BCUT2D eigenvalue weighted by Crippen LogP contribution is 2.36. The molecular formula is C26H23ClFN3O4S. The fourth-order valence-corrected chi connectivity index (χ4v) is 5.52. The topological polar surface area (TPSA) is 75.9 Å². The highest BCUT2D eigenvalue weighted by atomic mass is 35.5. The molecule has 1 aromatic heterocycles. The largest absolute Gasteiger partial charge is 0.497 e. The number of nitrogens with zero attached hydrogens (tertiary/aromatic N) is 3. The van der Waals surface area contributed by atoms with Crippen molar-refractivity contribution >= 4 is 33.0 Å². The molecule has 1 aliphatic rings. The number of oxazole rings is 1. The Kier molecular flexibility index (Phi) is 6.59. The molecule has 0 amide bonds. The van der Waals surface area contributed by atoms with Crippen molar-refractivity contribution in [1.29, 1.82) is 0 Å². The highest BCUT2D eigenvalue weighted by Gasteiger charge is 2.33. The predicted octanol–water partition coefficient (Wildman–Crippen LogP) is 5.30. The number of aromatic nitrogens is 1. The fraction of sp³-hybridized carbons (Fsp3) is 0.192. The monoisotopic (exact) mass is 527 g/mol. The minimum atomic E-state index is -4.07. The molecule has 0 spiro atoms. The zero-order valence-corrected chi connectivity index (χ0v) is 21.0. The Bertz CT molecular complexity index is 1450. The molecule has 36 heavy (non-hydrogen) atoms. The number of rotatable bonds is 6. The molecule has 1 fully saturated rings. The molecule has 0 radical (unpaired) electrons. The maximum Gasteiger partial charge on any atom is 0.236 e. The molecule has 0 unspecified atom stereocenters. The second kappa shape index (κ2) is 9.83. The van der Waals surface area contributed by atoms with Crippen LogP contribution in [0.15, 0.2) is 87.1 Å². The van der Waals surface area contributed by atoms with Crippen LogP contribution in [0.25, 0.3) is 11.5 Å². The van der Waals surface area contributed by atoms with E-state index in [9.17, 15) is 12.8 Å². The first-order valence-corrected chi connectivity index (χ1v) is 13.1. The van der Waals surface area contributed by atoms with Crippen LogP contribution >= 0.6 is 11.6 Å². The van der Waals surface area contributed by atoms with E-state index in [0.717, 1.165) is 23.6 Å². The van der Waals surface area contributed by atoms with E-state index in [1.165, 1.54) is 12.1 Å². The van der Waals surface area contributed by atoms with Crippen LogP contribution in [0, 0.1) is 5.82 Å². The van der Waals surface area contributed by atoms with Crippen LogP contribution in [-0.2, 0) is 9.84 Å². The average Bonchev–Trinajstić information content (AvgIpc) is 3.36. The number of ether oxygens (including phenoxy) is 1. The van der Waals surface area contributed by atoms with Crippen LogP contribution in [0.2, 0.25) is 5.02 Å². The van der Waals surface area contributed by atoms with Crippen LogP contribution in [0.4, 0.5) is 16.0 Å². The smallest absolute Gasteiger partial charge is 0.236 e. The van der Waals surface area contributed by atoms with Gasteiger partial charge in [0, 0.05) is 42.5 Å². The van der Waals surface area contributed by atoms with Gasteiger partial charge in [-0.05, 0) is 72.8 Å². The Hall–Kier alpha value is -3.56. The van der Waals surface area contributed by atoms with Gasteiger partial charge in [-0.1, -0.05) is 11.6 Å². The van der Waals surface area contributed by atoms with E-state index in [0.29, 0.717) is 36.8 Å². The van der Waals surface area contributed by atoms with Crippen molar-refractivity contribution in [2.45, 2.75) is 9.92 Å². The molecule has 2 heterocycles. The lowest BCUT2D eigenvalue weighted by atomic mass is 10.2. The van der Waals surface area contributed by atoms with Crippen molar-refractivity contribution < 1.29 is 22.0 Å². The average molecular weight is 528 g/mol. The zero-order valence-electron chi connectivity index (χ0n) is 19.4. The van der Waals surface area contributed by atoms with Crippen molar-refractivity contribution in [3.63, 3.8) is 0 Å². The number of hydrogen-bond acceptors (Lipinski definition) is 7. The standard InChI is InChI=1S/C26H23ClFN3O4S/c1-34-22-10-8-21(9-11-22)30-14-16-31(17-15-30)26-25(36(32,33)23-12-6-20(28)7-13-23)29-24(35-26)18-2-4-19(27)5-3-18/h2-13H,14-17H2,1H3. The van der Waals surface area contributed by atoms with E-state index in [1.807, 2.05) is 29.2 Å². The van der Waals surface area contributed by atoms with Gasteiger partial charge < -0.3 is 19.0 Å². The molecule has 1 aliphatic heterocycles. The van der Waals surface area contributed by atoms with Gasteiger partial charge >= 0.3 is 0 Å². The van der Waals surface area contributed by atoms with Crippen LogP contribution in [-0.4, -0.2) is 46.7 Å². The van der Waals surface area contributed by atoms with Crippen LogP contribution in [0.3, 0.4) is 0 Å². The number of benzene rings is 3. The molecule has 1 saturated heterocycles. The van der Waals surface area contributed by atoms with Gasteiger partial charge in [0.05, 0.1) is 12.0 Å². The summed E-state index contributed by atoms with van der Waals surface area (Å²) >= 11 is 6.01. The molecule has 186 valence electrons. The number of hydrogen-bond donors (Lipinski definition) is 0. The maximum atomic E-state index is 13.5. The number of halogens is 2. The lowest BCUT2D eigenvalue weighted by Gasteiger charge is -2.36. The van der Waals surface area contributed by atoms with Crippen molar-refractivity contribution in [1.82, 2.24) is 4.98 Å². The van der Waals surface area contributed by atoms with Gasteiger partial charge in [0.2, 0.25) is 26.6 Å². The second-order valence-electron chi connectivity index (χ2n) is 8.27. The van der Waals surface area contributed by atoms with E-state index in [4.69, 9.17) is 20.8 Å². The minimum absolute atomic E-state index is 0.0574. The van der Waals surface area contributed by atoms with Gasteiger partial charge in [0.25, 0.3) is 0 Å². The summed E-state index contributed by atoms with van der Waals surface area (Å²) in [4.78, 5) is 8.42. The Labute approximate surface area is 213 Å². The lowest BCUT2D eigenvalue weighted by molar-refractivity contribution is 0.415. The Morgan fingerprint density at radius 1 is 0.889 bits per heavy atom. The lowest BCUT2D eigenvalue weighted by Crippen LogP contribution is -2.46. The molecule has 0 N–H and O–H groups in total. The first-order chi connectivity index (χ1) is 17.3. The third-order valence-corrected chi connectivity index (χ3v) is 7.97. The summed E-state index contributed by atoms with van der Waals surface area (Å²) in [5.41, 5.74) is 1.65. The molecule has 0 aliphatic carbocycles. The normalized spacial score (nSPS) is 14.2. The zero-order chi connectivity index (χ0) is 25.3. The van der Waals surface area contributed by atoms with Crippen molar-refractivity contribution in [2.75, 3.05) is 43.1 Å². The number of sulfone groups is 1. The van der Waals surface area contributed by atoms with Crippen molar-refractivity contribution in [2.24, 2.45) is 0 Å². The van der Waals surface area contributed by atoms with Gasteiger partial charge in [-0.2, -0.15) is 4.98 Å². The Morgan fingerprint density at radius 2 is 1.50 bits per heavy atom. The van der Waals surface area contributed by atoms with Crippen molar-refractivity contribution in [3.8, 4) is 17.2 Å². The number of piperazine rings is 1. The Balaban J connectivity index is 1.48. The summed E-state index contributed by atoms with van der Waals surface area (Å²) in [6, 6.07) is 19.3. The third-order valence-electron chi connectivity index (χ3n) is 6.05. The van der Waals surface area contributed by atoms with Crippen LogP contribution in [0.5, 0.6) is 5.75 Å². The first kappa shape index (κ1) is 24.1. The number of anilines is 2. The quantitative estimate of drug-likeness (QED) is 0.315. The molecule has 10 heteroatoms. The minimum Gasteiger partial charge on any atom is -0.497 e. The van der Waals surface area contributed by atoms with Gasteiger partial charge in [0.1, 0.15) is 11.6 Å². The molecule has 0 saturated carbocycles. The van der Waals surface area contributed by atoms with Gasteiger partial charge in [-0.3, -0.25) is 0 Å². The highest BCUT2D eigenvalue weighted by molar-refractivity contribution is 7.91. The summed E-state index contributed by atoms with van der Waals surface area (Å²) in [7, 11) is -2.45. The van der Waals surface area contributed by atoms with E-state index < -0.39 is 15.7 Å². The summed E-state index contributed by atoms with van der Waals surface area (Å²) in [6.45, 7) is 2.35. The summed E-state index contributed by atoms with van der Waals surface area (Å²) in [5, 5.41) is 0.344. The van der Waals surface area contributed by atoms with E-state index in [-0.39, 0.29) is 21.7 Å². The van der Waals surface area contributed by atoms with Gasteiger partial charge in [-0.15, -0.1) is 0 Å². The van der Waals surface area contributed by atoms with E-state index >= 15 is 0 Å². The summed E-state index contributed by atoms with van der Waals surface area (Å²) in [6.07, 6.45) is 0. The van der Waals surface area contributed by atoms with Crippen LogP contribution < -0.4 is 14.5 Å². The number of methoxy groups -OCH3 is 1. The van der Waals surface area contributed by atoms with Gasteiger partial charge in [-0.25, -0.2) is 12.8 Å². The predicted molar refractivity (Wildman–Crippen MR) is 136 cm³/mol. The first-order valence-electron chi connectivity index (χ1n) is 11.3. The molecule has 0 atom stereocenters. The second-order valence-corrected chi connectivity index (χ2v) is 10.6. The fourth-order valence-electron chi connectivity index (χ4n) is 4.08. The molecular weight excluding hydrogens is 505 g/mol. The van der Waals surface area contributed by atoms with Crippen LogP contribution in [0.1, 0.15) is 0 Å². The molecule has 4 aromatic rings. The molecule has 0 bridgehead atoms. The van der Waals surface area contributed by atoms with E-state index in [1.54, 1.807) is 31.4 Å².